The van der Waals surface area contributed by atoms with Gasteiger partial charge in [0.05, 0.1) is 17.9 Å². The molecular weight excluding hydrogens is 334 g/mol. The van der Waals surface area contributed by atoms with Gasteiger partial charge in [0.2, 0.25) is 0 Å². The molecule has 0 amide bonds. The molecule has 0 saturated carbocycles. The van der Waals surface area contributed by atoms with E-state index >= 15 is 0 Å². The molecule has 102 valence electrons. The molecule has 3 nitrogen and oxygen atoms in total. The number of para-hydroxylation sites is 1. The van der Waals surface area contributed by atoms with Crippen LogP contribution in [0.2, 0.25) is 0 Å². The van der Waals surface area contributed by atoms with Crippen molar-refractivity contribution >= 4 is 27.3 Å². The lowest BCUT2D eigenvalue weighted by atomic mass is 10.1. The molecule has 0 aliphatic carbocycles. The molecule has 20 heavy (non-hydrogen) atoms. The average Bonchev–Trinajstić information content (AvgIpc) is 3.12. The van der Waals surface area contributed by atoms with Gasteiger partial charge in [0.1, 0.15) is 0 Å². The fourth-order valence-electron chi connectivity index (χ4n) is 2.21. The lowest BCUT2D eigenvalue weighted by Gasteiger charge is -2.13. The van der Waals surface area contributed by atoms with Crippen molar-refractivity contribution in [2.24, 2.45) is 0 Å². The Morgan fingerprint density at radius 2 is 2.05 bits per heavy atom. The molecule has 1 N–H and O–H groups in total. The first-order valence-electron chi connectivity index (χ1n) is 6.28. The van der Waals surface area contributed by atoms with Gasteiger partial charge in [-0.3, -0.25) is 0 Å². The molecule has 3 rings (SSSR count). The van der Waals surface area contributed by atoms with Gasteiger partial charge in [-0.15, -0.1) is 0 Å². The van der Waals surface area contributed by atoms with Gasteiger partial charge >= 0.3 is 0 Å². The van der Waals surface area contributed by atoms with E-state index in [2.05, 4.69) is 43.3 Å². The van der Waals surface area contributed by atoms with Crippen LogP contribution in [0.25, 0.3) is 5.69 Å². The molecule has 2 aromatic heterocycles. The zero-order valence-electron chi connectivity index (χ0n) is 11.0. The Kier molecular flexibility index (Phi) is 4.00. The molecule has 0 aliphatic rings. The first-order valence-corrected chi connectivity index (χ1v) is 8.02. The minimum Gasteiger partial charge on any atom is -0.309 e. The first kappa shape index (κ1) is 13.5. The van der Waals surface area contributed by atoms with E-state index in [0.29, 0.717) is 0 Å². The lowest BCUT2D eigenvalue weighted by molar-refractivity contribution is 0.691. The number of rotatable bonds is 4. The highest BCUT2D eigenvalue weighted by atomic mass is 79.9. The molecule has 0 radical (unpaired) electrons. The third-order valence-corrected chi connectivity index (χ3v) is 4.95. The largest absolute Gasteiger partial charge is 0.309 e. The van der Waals surface area contributed by atoms with E-state index < -0.39 is 0 Å². The quantitative estimate of drug-likeness (QED) is 0.772. The Morgan fingerprint density at radius 3 is 2.70 bits per heavy atom. The molecule has 0 saturated heterocycles. The summed E-state index contributed by atoms with van der Waals surface area (Å²) in [5.74, 6) is 0. The van der Waals surface area contributed by atoms with Crippen molar-refractivity contribution < 1.29 is 0 Å². The van der Waals surface area contributed by atoms with Crippen LogP contribution in [0.1, 0.15) is 17.2 Å². The summed E-state index contributed by atoms with van der Waals surface area (Å²) in [7, 11) is 1.97. The number of hydrogen-bond acceptors (Lipinski definition) is 3. The van der Waals surface area contributed by atoms with Crippen molar-refractivity contribution in [3.05, 3.63) is 69.1 Å². The van der Waals surface area contributed by atoms with E-state index in [1.807, 2.05) is 48.3 Å². The van der Waals surface area contributed by atoms with E-state index in [1.165, 1.54) is 5.56 Å². The second-order valence-corrected chi connectivity index (χ2v) is 6.05. The highest BCUT2D eigenvalue weighted by Gasteiger charge is 2.17. The van der Waals surface area contributed by atoms with E-state index in [0.717, 1.165) is 15.7 Å². The topological polar surface area (TPSA) is 29.9 Å². The molecule has 0 spiro atoms. The SMILES string of the molecule is CNC(c1cnn(-c2ccccc2)c1)c1cscc1Br. The Balaban J connectivity index is 1.95. The molecule has 0 bridgehead atoms. The van der Waals surface area contributed by atoms with Crippen molar-refractivity contribution in [2.45, 2.75) is 6.04 Å². The van der Waals surface area contributed by atoms with Crippen molar-refractivity contribution in [3.8, 4) is 5.69 Å². The molecule has 0 fully saturated rings. The van der Waals surface area contributed by atoms with Crippen LogP contribution >= 0.6 is 27.3 Å². The number of thiophene rings is 1. The Labute approximate surface area is 130 Å². The number of hydrogen-bond donors (Lipinski definition) is 1. The normalized spacial score (nSPS) is 12.5. The summed E-state index contributed by atoms with van der Waals surface area (Å²) in [6, 6.07) is 10.3. The van der Waals surface area contributed by atoms with Crippen molar-refractivity contribution in [1.29, 1.82) is 0 Å². The maximum atomic E-state index is 4.46. The predicted molar refractivity (Wildman–Crippen MR) is 86.5 cm³/mol. The maximum Gasteiger partial charge on any atom is 0.0645 e. The minimum atomic E-state index is 0.146. The van der Waals surface area contributed by atoms with Gasteiger partial charge in [-0.05, 0) is 46.1 Å². The van der Waals surface area contributed by atoms with Crippen LogP contribution < -0.4 is 5.32 Å². The number of nitrogens with zero attached hydrogens (tertiary/aromatic N) is 2. The second-order valence-electron chi connectivity index (χ2n) is 4.45. The molecule has 5 heteroatoms. The summed E-state index contributed by atoms with van der Waals surface area (Å²) in [6.07, 6.45) is 3.99. The summed E-state index contributed by atoms with van der Waals surface area (Å²) >= 11 is 5.29. The zero-order valence-corrected chi connectivity index (χ0v) is 13.4. The summed E-state index contributed by atoms with van der Waals surface area (Å²) in [5, 5.41) is 12.1. The summed E-state index contributed by atoms with van der Waals surface area (Å²) in [5.41, 5.74) is 3.46. The predicted octanol–water partition coefficient (Wildman–Crippen LogP) is 4.01. The molecule has 1 unspecified atom stereocenters. The number of aromatic nitrogens is 2. The highest BCUT2D eigenvalue weighted by molar-refractivity contribution is 9.10. The van der Waals surface area contributed by atoms with E-state index in [9.17, 15) is 0 Å². The Hall–Kier alpha value is -1.43. The van der Waals surface area contributed by atoms with Gasteiger partial charge in [0.15, 0.2) is 0 Å². The summed E-state index contributed by atoms with van der Waals surface area (Å²) in [4.78, 5) is 0. The lowest BCUT2D eigenvalue weighted by Crippen LogP contribution is -2.16. The molecule has 0 aliphatic heterocycles. The third kappa shape index (κ3) is 2.57. The fourth-order valence-corrected chi connectivity index (χ4v) is 3.76. The van der Waals surface area contributed by atoms with Crippen LogP contribution in [-0.4, -0.2) is 16.8 Å². The van der Waals surface area contributed by atoms with E-state index in [-0.39, 0.29) is 6.04 Å². The van der Waals surface area contributed by atoms with Gasteiger partial charge in [0.25, 0.3) is 0 Å². The van der Waals surface area contributed by atoms with Crippen LogP contribution in [0.3, 0.4) is 0 Å². The van der Waals surface area contributed by atoms with Crippen LogP contribution in [0.4, 0.5) is 0 Å². The van der Waals surface area contributed by atoms with Crippen LogP contribution in [0.5, 0.6) is 0 Å². The van der Waals surface area contributed by atoms with Crippen molar-refractivity contribution in [2.75, 3.05) is 7.05 Å². The second kappa shape index (κ2) is 5.91. The van der Waals surface area contributed by atoms with Crippen molar-refractivity contribution in [1.82, 2.24) is 15.1 Å². The van der Waals surface area contributed by atoms with E-state index in [4.69, 9.17) is 0 Å². The molecule has 2 heterocycles. The minimum absolute atomic E-state index is 0.146. The van der Waals surface area contributed by atoms with Gasteiger partial charge in [-0.2, -0.15) is 16.4 Å². The number of benzene rings is 1. The fraction of sp³-hybridized carbons (Fsp3) is 0.133. The average molecular weight is 348 g/mol. The van der Waals surface area contributed by atoms with E-state index in [1.54, 1.807) is 11.3 Å². The van der Waals surface area contributed by atoms with Crippen LogP contribution in [0, 0.1) is 0 Å². The van der Waals surface area contributed by atoms with Crippen LogP contribution in [0.15, 0.2) is 58.0 Å². The van der Waals surface area contributed by atoms with Gasteiger partial charge in [-0.25, -0.2) is 4.68 Å². The standard InChI is InChI=1S/C15H14BrN3S/c1-17-15(13-9-20-10-14(13)16)11-7-18-19(8-11)12-5-3-2-4-6-12/h2-10,15,17H,1H3. The Morgan fingerprint density at radius 1 is 1.25 bits per heavy atom. The summed E-state index contributed by atoms with van der Waals surface area (Å²) < 4.78 is 3.04. The van der Waals surface area contributed by atoms with Crippen molar-refractivity contribution in [3.63, 3.8) is 0 Å². The molecule has 1 atom stereocenters. The first-order chi connectivity index (χ1) is 9.79. The maximum absolute atomic E-state index is 4.46. The molecule has 1 aromatic carbocycles. The summed E-state index contributed by atoms with van der Waals surface area (Å²) in [6.45, 7) is 0. The highest BCUT2D eigenvalue weighted by Crippen LogP contribution is 2.31. The smallest absolute Gasteiger partial charge is 0.0645 e. The molecule has 3 aromatic rings. The zero-order chi connectivity index (χ0) is 13.9. The van der Waals surface area contributed by atoms with Gasteiger partial charge in [-0.1, -0.05) is 18.2 Å². The molecular formula is C15H14BrN3S. The number of halogens is 1. The number of nitrogens with one attached hydrogen (secondary N) is 1. The van der Waals surface area contributed by atoms with Gasteiger partial charge in [0, 0.05) is 21.6 Å². The van der Waals surface area contributed by atoms with Crippen LogP contribution in [-0.2, 0) is 0 Å². The van der Waals surface area contributed by atoms with Gasteiger partial charge < -0.3 is 5.32 Å². The monoisotopic (exact) mass is 347 g/mol. The Bertz CT molecular complexity index is 690. The third-order valence-electron chi connectivity index (χ3n) is 3.20.